The molecule has 100 valence electrons. The highest BCUT2D eigenvalue weighted by Crippen LogP contribution is 2.13. The predicted molar refractivity (Wildman–Crippen MR) is 74.3 cm³/mol. The number of hydrogen-bond acceptors (Lipinski definition) is 2. The normalized spacial score (nSPS) is 16.4. The van der Waals surface area contributed by atoms with E-state index < -0.39 is 0 Å². The summed E-state index contributed by atoms with van der Waals surface area (Å²) in [6, 6.07) is 9.85. The average Bonchev–Trinajstić information content (AvgIpc) is 2.48. The van der Waals surface area contributed by atoms with E-state index >= 15 is 0 Å². The largest absolute Gasteiger partial charge is 0.342 e. The smallest absolute Gasteiger partial charge is 0.246 e. The number of nitrogens with zero attached hydrogens (tertiary/aromatic N) is 2. The van der Waals surface area contributed by atoms with Gasteiger partial charge in [-0.05, 0) is 18.1 Å². The van der Waals surface area contributed by atoms with Gasteiger partial charge in [-0.25, -0.2) is 0 Å². The standard InChI is InChI=1S/C15H18N2O2/c1-13(14-5-3-2-4-6-14)11-15(19)17-9-7-16(12-18)8-10-17/h2-6,11-12H,7-10H2,1H3/b13-11+. The molecule has 1 fully saturated rings. The van der Waals surface area contributed by atoms with Gasteiger partial charge in [0, 0.05) is 32.3 Å². The van der Waals surface area contributed by atoms with Gasteiger partial charge in [0.2, 0.25) is 12.3 Å². The summed E-state index contributed by atoms with van der Waals surface area (Å²) in [5.74, 6) is 0.0203. The van der Waals surface area contributed by atoms with Crippen molar-refractivity contribution in [2.24, 2.45) is 0 Å². The van der Waals surface area contributed by atoms with Crippen LogP contribution >= 0.6 is 0 Å². The van der Waals surface area contributed by atoms with Crippen LogP contribution in [0.2, 0.25) is 0 Å². The Hall–Kier alpha value is -2.10. The summed E-state index contributed by atoms with van der Waals surface area (Å²) in [5, 5.41) is 0. The molecule has 4 heteroatoms. The maximum atomic E-state index is 12.1. The minimum Gasteiger partial charge on any atom is -0.342 e. The topological polar surface area (TPSA) is 40.6 Å². The van der Waals surface area contributed by atoms with Gasteiger partial charge in [-0.15, -0.1) is 0 Å². The Morgan fingerprint density at radius 2 is 1.74 bits per heavy atom. The van der Waals surface area contributed by atoms with E-state index in [0.29, 0.717) is 26.2 Å². The van der Waals surface area contributed by atoms with Crippen LogP contribution in [0.1, 0.15) is 12.5 Å². The number of carbonyl (C=O) groups excluding carboxylic acids is 2. The SMILES string of the molecule is C/C(=C\C(=O)N1CCN(C=O)CC1)c1ccccc1. The van der Waals surface area contributed by atoms with Crippen molar-refractivity contribution in [3.05, 3.63) is 42.0 Å². The van der Waals surface area contributed by atoms with Crippen LogP contribution in [0.5, 0.6) is 0 Å². The van der Waals surface area contributed by atoms with Gasteiger partial charge < -0.3 is 9.80 Å². The van der Waals surface area contributed by atoms with Crippen molar-refractivity contribution in [2.75, 3.05) is 26.2 Å². The lowest BCUT2D eigenvalue weighted by molar-refractivity contribution is -0.130. The summed E-state index contributed by atoms with van der Waals surface area (Å²) in [5.41, 5.74) is 2.02. The van der Waals surface area contributed by atoms with Gasteiger partial charge in [0.05, 0.1) is 0 Å². The molecule has 0 aromatic heterocycles. The third kappa shape index (κ3) is 3.44. The van der Waals surface area contributed by atoms with E-state index in [0.717, 1.165) is 17.5 Å². The maximum Gasteiger partial charge on any atom is 0.246 e. The lowest BCUT2D eigenvalue weighted by Gasteiger charge is -2.32. The van der Waals surface area contributed by atoms with E-state index in [-0.39, 0.29) is 5.91 Å². The number of hydrogen-bond donors (Lipinski definition) is 0. The van der Waals surface area contributed by atoms with Crippen LogP contribution in [0.25, 0.3) is 5.57 Å². The van der Waals surface area contributed by atoms with Crippen LogP contribution in [0.15, 0.2) is 36.4 Å². The molecule has 19 heavy (non-hydrogen) atoms. The third-order valence-corrected chi connectivity index (χ3v) is 3.34. The Kier molecular flexibility index (Phi) is 4.34. The molecule has 1 aliphatic rings. The summed E-state index contributed by atoms with van der Waals surface area (Å²) in [6.07, 6.45) is 2.51. The first kappa shape index (κ1) is 13.3. The number of rotatable bonds is 3. The van der Waals surface area contributed by atoms with E-state index in [1.54, 1.807) is 15.9 Å². The van der Waals surface area contributed by atoms with Gasteiger partial charge in [-0.3, -0.25) is 9.59 Å². The first-order valence-electron chi connectivity index (χ1n) is 6.42. The summed E-state index contributed by atoms with van der Waals surface area (Å²) >= 11 is 0. The molecule has 1 aliphatic heterocycles. The second kappa shape index (κ2) is 6.18. The van der Waals surface area contributed by atoms with Crippen LogP contribution in [-0.2, 0) is 9.59 Å². The highest BCUT2D eigenvalue weighted by Gasteiger charge is 2.18. The summed E-state index contributed by atoms with van der Waals surface area (Å²) in [6.45, 7) is 4.39. The molecule has 0 radical (unpaired) electrons. The fraction of sp³-hybridized carbons (Fsp3) is 0.333. The first-order valence-corrected chi connectivity index (χ1v) is 6.42. The molecule has 1 heterocycles. The Labute approximate surface area is 113 Å². The predicted octanol–water partition coefficient (Wildman–Crippen LogP) is 1.39. The Bertz CT molecular complexity index is 474. The van der Waals surface area contributed by atoms with Crippen molar-refractivity contribution in [1.29, 1.82) is 0 Å². The molecule has 0 atom stereocenters. The maximum absolute atomic E-state index is 12.1. The lowest BCUT2D eigenvalue weighted by atomic mass is 10.1. The van der Waals surface area contributed by atoms with Crippen molar-refractivity contribution in [2.45, 2.75) is 6.92 Å². The molecule has 1 aromatic rings. The van der Waals surface area contributed by atoms with Crippen LogP contribution in [-0.4, -0.2) is 48.3 Å². The van der Waals surface area contributed by atoms with Gasteiger partial charge in [0.25, 0.3) is 0 Å². The van der Waals surface area contributed by atoms with Crippen molar-refractivity contribution in [1.82, 2.24) is 9.80 Å². The average molecular weight is 258 g/mol. The van der Waals surface area contributed by atoms with Crippen molar-refractivity contribution < 1.29 is 9.59 Å². The molecule has 4 nitrogen and oxygen atoms in total. The monoisotopic (exact) mass is 258 g/mol. The third-order valence-electron chi connectivity index (χ3n) is 3.34. The van der Waals surface area contributed by atoms with Crippen molar-refractivity contribution >= 4 is 17.9 Å². The van der Waals surface area contributed by atoms with Crippen LogP contribution < -0.4 is 0 Å². The second-order valence-corrected chi connectivity index (χ2v) is 4.66. The summed E-state index contributed by atoms with van der Waals surface area (Å²) < 4.78 is 0. The molecule has 0 aliphatic carbocycles. The van der Waals surface area contributed by atoms with Crippen LogP contribution in [0.3, 0.4) is 0 Å². The zero-order valence-electron chi connectivity index (χ0n) is 11.1. The molecule has 1 aromatic carbocycles. The zero-order valence-corrected chi connectivity index (χ0v) is 11.1. The minimum atomic E-state index is 0.0203. The molecule has 0 spiro atoms. The van der Waals surface area contributed by atoms with Gasteiger partial charge in [-0.1, -0.05) is 30.3 Å². The molecule has 0 saturated carbocycles. The van der Waals surface area contributed by atoms with Gasteiger partial charge >= 0.3 is 0 Å². The quantitative estimate of drug-likeness (QED) is 0.607. The van der Waals surface area contributed by atoms with Gasteiger partial charge in [0.1, 0.15) is 0 Å². The Morgan fingerprint density at radius 3 is 2.32 bits per heavy atom. The molecule has 0 bridgehead atoms. The Balaban J connectivity index is 1.99. The number of carbonyl (C=O) groups is 2. The van der Waals surface area contributed by atoms with E-state index in [1.807, 2.05) is 37.3 Å². The molecule has 2 amide bonds. The molecule has 0 unspecified atom stereocenters. The van der Waals surface area contributed by atoms with E-state index in [9.17, 15) is 9.59 Å². The van der Waals surface area contributed by atoms with E-state index in [1.165, 1.54) is 0 Å². The minimum absolute atomic E-state index is 0.0203. The molecule has 2 rings (SSSR count). The number of piperazine rings is 1. The lowest BCUT2D eigenvalue weighted by Crippen LogP contribution is -2.47. The highest BCUT2D eigenvalue weighted by molar-refractivity contribution is 5.94. The van der Waals surface area contributed by atoms with Crippen LogP contribution in [0, 0.1) is 0 Å². The summed E-state index contributed by atoms with van der Waals surface area (Å²) in [7, 11) is 0. The zero-order chi connectivity index (χ0) is 13.7. The molecule has 0 N–H and O–H groups in total. The number of allylic oxidation sites excluding steroid dienone is 1. The summed E-state index contributed by atoms with van der Waals surface area (Å²) in [4.78, 5) is 26.2. The Morgan fingerprint density at radius 1 is 1.11 bits per heavy atom. The van der Waals surface area contributed by atoms with Crippen molar-refractivity contribution in [3.63, 3.8) is 0 Å². The van der Waals surface area contributed by atoms with Crippen LogP contribution in [0.4, 0.5) is 0 Å². The number of benzene rings is 1. The van der Waals surface area contributed by atoms with Gasteiger partial charge in [0.15, 0.2) is 0 Å². The van der Waals surface area contributed by atoms with Gasteiger partial charge in [-0.2, -0.15) is 0 Å². The second-order valence-electron chi connectivity index (χ2n) is 4.66. The highest BCUT2D eigenvalue weighted by atomic mass is 16.2. The fourth-order valence-corrected chi connectivity index (χ4v) is 2.11. The molecular formula is C15H18N2O2. The van der Waals surface area contributed by atoms with Crippen molar-refractivity contribution in [3.8, 4) is 0 Å². The first-order chi connectivity index (χ1) is 9.20. The van der Waals surface area contributed by atoms with E-state index in [2.05, 4.69) is 0 Å². The van der Waals surface area contributed by atoms with E-state index in [4.69, 9.17) is 0 Å². The molecule has 1 saturated heterocycles. The molecular weight excluding hydrogens is 240 g/mol. The fourth-order valence-electron chi connectivity index (χ4n) is 2.11. The number of amides is 2.